The molecule has 15 heavy (non-hydrogen) atoms. The summed E-state index contributed by atoms with van der Waals surface area (Å²) in [6, 6.07) is 0. The maximum absolute atomic E-state index is 11.6. The van der Waals surface area contributed by atoms with E-state index in [2.05, 4.69) is 4.98 Å². The van der Waals surface area contributed by atoms with Crippen LogP contribution in [-0.2, 0) is 11.3 Å². The molecule has 0 radical (unpaired) electrons. The average molecular weight is 232 g/mol. The summed E-state index contributed by atoms with van der Waals surface area (Å²) >= 11 is 5.61. The van der Waals surface area contributed by atoms with Gasteiger partial charge in [-0.05, 0) is 13.8 Å². The number of ether oxygens (including phenoxy) is 1. The minimum atomic E-state index is -0.453. The van der Waals surface area contributed by atoms with Gasteiger partial charge in [0.2, 0.25) is 0 Å². The quantitative estimate of drug-likeness (QED) is 0.785. The van der Waals surface area contributed by atoms with E-state index < -0.39 is 5.60 Å². The third kappa shape index (κ3) is 2.70. The van der Waals surface area contributed by atoms with Crippen LogP contribution in [0.3, 0.4) is 0 Å². The van der Waals surface area contributed by atoms with Crippen LogP contribution in [0.5, 0.6) is 0 Å². The number of halogens is 1. The first kappa shape index (κ1) is 12.0. The maximum Gasteiger partial charge on any atom is 0.278 e. The molecule has 0 aromatic carbocycles. The second kappa shape index (κ2) is 4.20. The Labute approximate surface area is 92.8 Å². The molecule has 0 aliphatic rings. The molecule has 2 N–H and O–H groups in total. The molecular formula is C9H14ClN3O2. The molecule has 0 aliphatic carbocycles. The zero-order chi connectivity index (χ0) is 11.6. The number of nitrogens with zero attached hydrogens (tertiary/aromatic N) is 2. The molecular weight excluding hydrogens is 218 g/mol. The third-order valence-electron chi connectivity index (χ3n) is 2.13. The molecule has 0 saturated carbocycles. The lowest BCUT2D eigenvalue weighted by Crippen LogP contribution is -2.35. The highest BCUT2D eigenvalue weighted by molar-refractivity contribution is 6.31. The first-order valence-electron chi connectivity index (χ1n) is 4.43. The van der Waals surface area contributed by atoms with Crippen LogP contribution in [0.25, 0.3) is 0 Å². The summed E-state index contributed by atoms with van der Waals surface area (Å²) in [4.78, 5) is 15.4. The summed E-state index contributed by atoms with van der Waals surface area (Å²) in [6.07, 6.45) is 1.36. The molecule has 0 saturated heterocycles. The SMILES string of the molecule is COC(C)(C)Cn1cnc(Cl)c(N)c1=O. The van der Waals surface area contributed by atoms with Crippen molar-refractivity contribution in [2.75, 3.05) is 12.8 Å². The Morgan fingerprint density at radius 1 is 1.67 bits per heavy atom. The molecule has 1 aromatic heterocycles. The van der Waals surface area contributed by atoms with Gasteiger partial charge in [0.15, 0.2) is 5.15 Å². The fraction of sp³-hybridized carbons (Fsp3) is 0.556. The van der Waals surface area contributed by atoms with Gasteiger partial charge in [-0.3, -0.25) is 9.36 Å². The molecule has 1 aromatic rings. The number of nitrogen functional groups attached to an aromatic ring is 1. The molecule has 0 amide bonds. The highest BCUT2D eigenvalue weighted by atomic mass is 35.5. The highest BCUT2D eigenvalue weighted by Crippen LogP contribution is 2.12. The van der Waals surface area contributed by atoms with Crippen molar-refractivity contribution in [2.24, 2.45) is 0 Å². The molecule has 0 bridgehead atoms. The van der Waals surface area contributed by atoms with E-state index in [1.807, 2.05) is 13.8 Å². The molecule has 1 rings (SSSR count). The van der Waals surface area contributed by atoms with Crippen LogP contribution in [0, 0.1) is 0 Å². The van der Waals surface area contributed by atoms with E-state index in [1.54, 1.807) is 7.11 Å². The van der Waals surface area contributed by atoms with Crippen molar-refractivity contribution in [3.63, 3.8) is 0 Å². The Morgan fingerprint density at radius 2 is 2.27 bits per heavy atom. The zero-order valence-corrected chi connectivity index (χ0v) is 9.71. The summed E-state index contributed by atoms with van der Waals surface area (Å²) in [6.45, 7) is 4.10. The number of hydrogen-bond acceptors (Lipinski definition) is 4. The third-order valence-corrected chi connectivity index (χ3v) is 2.43. The highest BCUT2D eigenvalue weighted by Gasteiger charge is 2.19. The van der Waals surface area contributed by atoms with Crippen molar-refractivity contribution in [1.29, 1.82) is 0 Å². The van der Waals surface area contributed by atoms with Crippen molar-refractivity contribution in [3.8, 4) is 0 Å². The molecule has 0 unspecified atom stereocenters. The summed E-state index contributed by atoms with van der Waals surface area (Å²) in [5.74, 6) is 0. The Kier molecular flexibility index (Phi) is 3.36. The summed E-state index contributed by atoms with van der Waals surface area (Å²) < 4.78 is 6.59. The van der Waals surface area contributed by atoms with E-state index in [4.69, 9.17) is 22.1 Å². The first-order valence-corrected chi connectivity index (χ1v) is 4.81. The van der Waals surface area contributed by atoms with Crippen molar-refractivity contribution < 1.29 is 4.74 Å². The van der Waals surface area contributed by atoms with Gasteiger partial charge in [-0.15, -0.1) is 0 Å². The van der Waals surface area contributed by atoms with Gasteiger partial charge in [-0.25, -0.2) is 4.98 Å². The van der Waals surface area contributed by atoms with Crippen LogP contribution < -0.4 is 11.3 Å². The Bertz CT molecular complexity index is 414. The van der Waals surface area contributed by atoms with Gasteiger partial charge < -0.3 is 10.5 Å². The lowest BCUT2D eigenvalue weighted by atomic mass is 10.1. The second-order valence-corrected chi connectivity index (χ2v) is 4.20. The molecule has 6 heteroatoms. The van der Waals surface area contributed by atoms with Crippen LogP contribution in [0.15, 0.2) is 11.1 Å². The molecule has 0 spiro atoms. The number of nitrogens with two attached hydrogens (primary N) is 1. The lowest BCUT2D eigenvalue weighted by molar-refractivity contribution is 0.00720. The van der Waals surface area contributed by atoms with Gasteiger partial charge in [0.1, 0.15) is 5.69 Å². The van der Waals surface area contributed by atoms with Crippen LogP contribution in [-0.4, -0.2) is 22.3 Å². The van der Waals surface area contributed by atoms with E-state index in [0.717, 1.165) is 0 Å². The summed E-state index contributed by atoms with van der Waals surface area (Å²) in [7, 11) is 1.58. The van der Waals surface area contributed by atoms with E-state index >= 15 is 0 Å². The fourth-order valence-corrected chi connectivity index (χ4v) is 1.20. The predicted octanol–water partition coefficient (Wildman–Crippen LogP) is 0.904. The normalized spacial score (nSPS) is 11.7. The van der Waals surface area contributed by atoms with Gasteiger partial charge in [-0.1, -0.05) is 11.6 Å². The summed E-state index contributed by atoms with van der Waals surface area (Å²) in [5.41, 5.74) is 4.64. The smallest absolute Gasteiger partial charge is 0.278 e. The topological polar surface area (TPSA) is 70.1 Å². The number of aromatic nitrogens is 2. The lowest BCUT2D eigenvalue weighted by Gasteiger charge is -2.23. The van der Waals surface area contributed by atoms with Gasteiger partial charge in [-0.2, -0.15) is 0 Å². The van der Waals surface area contributed by atoms with E-state index in [0.29, 0.717) is 6.54 Å². The number of anilines is 1. The van der Waals surface area contributed by atoms with Crippen LogP contribution in [0.2, 0.25) is 5.15 Å². The Hall–Kier alpha value is -1.07. The fourth-order valence-electron chi connectivity index (χ4n) is 1.07. The molecule has 0 fully saturated rings. The van der Waals surface area contributed by atoms with E-state index in [-0.39, 0.29) is 16.4 Å². The van der Waals surface area contributed by atoms with Gasteiger partial charge in [0.25, 0.3) is 5.56 Å². The average Bonchev–Trinajstić information content (AvgIpc) is 2.19. The standard InChI is InChI=1S/C9H14ClN3O2/c1-9(2,15-3)4-13-5-12-7(10)6(11)8(13)14/h5H,4,11H2,1-3H3. The van der Waals surface area contributed by atoms with Crippen molar-refractivity contribution in [3.05, 3.63) is 21.8 Å². The van der Waals surface area contributed by atoms with Crippen molar-refractivity contribution in [2.45, 2.75) is 26.0 Å². The minimum Gasteiger partial charge on any atom is -0.392 e. The molecule has 0 aliphatic heterocycles. The number of hydrogen-bond donors (Lipinski definition) is 1. The second-order valence-electron chi connectivity index (χ2n) is 3.85. The van der Waals surface area contributed by atoms with Gasteiger partial charge in [0, 0.05) is 7.11 Å². The maximum atomic E-state index is 11.6. The first-order chi connectivity index (χ1) is 6.87. The van der Waals surface area contributed by atoms with Crippen molar-refractivity contribution in [1.82, 2.24) is 9.55 Å². The van der Waals surface area contributed by atoms with E-state index in [1.165, 1.54) is 10.9 Å². The minimum absolute atomic E-state index is 0.0338. The predicted molar refractivity (Wildman–Crippen MR) is 59.0 cm³/mol. The Balaban J connectivity index is 3.08. The number of methoxy groups -OCH3 is 1. The Morgan fingerprint density at radius 3 is 2.80 bits per heavy atom. The largest absolute Gasteiger partial charge is 0.392 e. The van der Waals surface area contributed by atoms with Crippen LogP contribution in [0.4, 0.5) is 5.69 Å². The molecule has 0 atom stereocenters. The molecule has 1 heterocycles. The zero-order valence-electron chi connectivity index (χ0n) is 8.95. The van der Waals surface area contributed by atoms with Crippen LogP contribution in [0.1, 0.15) is 13.8 Å². The van der Waals surface area contributed by atoms with Crippen molar-refractivity contribution >= 4 is 17.3 Å². The number of rotatable bonds is 3. The van der Waals surface area contributed by atoms with Crippen LogP contribution >= 0.6 is 11.6 Å². The van der Waals surface area contributed by atoms with E-state index in [9.17, 15) is 4.79 Å². The monoisotopic (exact) mass is 231 g/mol. The summed E-state index contributed by atoms with van der Waals surface area (Å²) in [5, 5.41) is 0.0338. The molecule has 5 nitrogen and oxygen atoms in total. The van der Waals surface area contributed by atoms with Gasteiger partial charge in [0.05, 0.1) is 18.5 Å². The van der Waals surface area contributed by atoms with Gasteiger partial charge >= 0.3 is 0 Å². The molecule has 84 valence electrons.